The lowest BCUT2D eigenvalue weighted by atomic mass is 10.2. The number of carbonyl (C=O) groups excluding carboxylic acids is 1. The van der Waals surface area contributed by atoms with Crippen LogP contribution in [0.5, 0.6) is 0 Å². The quantitative estimate of drug-likeness (QED) is 0.886. The first-order valence-corrected chi connectivity index (χ1v) is 7.09. The Bertz CT molecular complexity index is 613. The molecule has 1 saturated heterocycles. The number of aryl methyl sites for hydroxylation is 1. The van der Waals surface area contributed by atoms with Gasteiger partial charge in [0.2, 0.25) is 0 Å². The number of rotatable bonds is 3. The summed E-state index contributed by atoms with van der Waals surface area (Å²) in [4.78, 5) is 14.3. The minimum Gasteiger partial charge on any atom is -0.369 e. The Morgan fingerprint density at radius 3 is 2.52 bits per heavy atom. The predicted molar refractivity (Wildman–Crippen MR) is 82.7 cm³/mol. The molecule has 0 bridgehead atoms. The molecule has 110 valence electrons. The van der Waals surface area contributed by atoms with E-state index >= 15 is 0 Å². The van der Waals surface area contributed by atoms with Gasteiger partial charge in [-0.3, -0.25) is 9.48 Å². The van der Waals surface area contributed by atoms with Crippen LogP contribution in [0.1, 0.15) is 10.5 Å². The Balaban J connectivity index is 1.65. The first-order valence-electron chi connectivity index (χ1n) is 7.09. The molecule has 1 fully saturated rings. The third kappa shape index (κ3) is 3.22. The molecule has 6 heteroatoms. The van der Waals surface area contributed by atoms with Gasteiger partial charge in [0, 0.05) is 50.8 Å². The maximum Gasteiger partial charge on any atom is 0.276 e. The van der Waals surface area contributed by atoms with Crippen LogP contribution in [0.4, 0.5) is 11.4 Å². The number of carbonyl (C=O) groups is 1. The number of benzene rings is 1. The van der Waals surface area contributed by atoms with Crippen molar-refractivity contribution in [2.24, 2.45) is 7.05 Å². The predicted octanol–water partition coefficient (Wildman–Crippen LogP) is 1.08. The number of amides is 1. The van der Waals surface area contributed by atoms with Gasteiger partial charge in [-0.25, -0.2) is 0 Å². The van der Waals surface area contributed by atoms with Gasteiger partial charge in [0.05, 0.1) is 0 Å². The summed E-state index contributed by atoms with van der Waals surface area (Å²) in [6, 6.07) is 9.64. The van der Waals surface area contributed by atoms with Gasteiger partial charge >= 0.3 is 0 Å². The highest BCUT2D eigenvalue weighted by atomic mass is 16.1. The Morgan fingerprint density at radius 1 is 1.19 bits per heavy atom. The SMILES string of the molecule is Cn1ccc(C(=O)Nc2ccc(N3CCNCC3)cc2)n1. The van der Waals surface area contributed by atoms with Crippen molar-refractivity contribution < 1.29 is 4.79 Å². The minimum absolute atomic E-state index is 0.189. The van der Waals surface area contributed by atoms with Crippen molar-refractivity contribution in [3.05, 3.63) is 42.2 Å². The van der Waals surface area contributed by atoms with Crippen molar-refractivity contribution in [1.29, 1.82) is 0 Å². The van der Waals surface area contributed by atoms with Crippen LogP contribution in [0.2, 0.25) is 0 Å². The molecule has 2 heterocycles. The van der Waals surface area contributed by atoms with E-state index in [4.69, 9.17) is 0 Å². The normalized spacial score (nSPS) is 15.0. The molecule has 0 aliphatic carbocycles. The van der Waals surface area contributed by atoms with Crippen molar-refractivity contribution in [2.45, 2.75) is 0 Å². The third-order valence-electron chi connectivity index (χ3n) is 3.55. The highest BCUT2D eigenvalue weighted by Gasteiger charge is 2.11. The topological polar surface area (TPSA) is 62.2 Å². The molecule has 1 aliphatic rings. The zero-order valence-electron chi connectivity index (χ0n) is 12.0. The van der Waals surface area contributed by atoms with Crippen LogP contribution in [0.3, 0.4) is 0 Å². The molecule has 0 atom stereocenters. The fourth-order valence-corrected chi connectivity index (χ4v) is 2.41. The maximum atomic E-state index is 12.0. The standard InChI is InChI=1S/C15H19N5O/c1-19-9-6-14(18-19)15(21)17-12-2-4-13(5-3-12)20-10-7-16-8-11-20/h2-6,9,16H,7-8,10-11H2,1H3,(H,17,21). The minimum atomic E-state index is -0.189. The van der Waals surface area contributed by atoms with Crippen molar-refractivity contribution in [3.63, 3.8) is 0 Å². The van der Waals surface area contributed by atoms with Crippen LogP contribution in [0.15, 0.2) is 36.5 Å². The van der Waals surface area contributed by atoms with E-state index in [2.05, 4.69) is 20.6 Å². The summed E-state index contributed by atoms with van der Waals surface area (Å²) in [5, 5.41) is 10.3. The monoisotopic (exact) mass is 285 g/mol. The second-order valence-electron chi connectivity index (χ2n) is 5.11. The molecule has 1 amide bonds. The van der Waals surface area contributed by atoms with Gasteiger partial charge in [-0.15, -0.1) is 0 Å². The van der Waals surface area contributed by atoms with E-state index < -0.39 is 0 Å². The fraction of sp³-hybridized carbons (Fsp3) is 0.333. The van der Waals surface area contributed by atoms with Gasteiger partial charge in [-0.2, -0.15) is 5.10 Å². The molecule has 1 aromatic carbocycles. The van der Waals surface area contributed by atoms with E-state index in [1.54, 1.807) is 24.0 Å². The average Bonchev–Trinajstić information content (AvgIpc) is 2.96. The van der Waals surface area contributed by atoms with E-state index in [1.165, 1.54) is 5.69 Å². The molecule has 2 N–H and O–H groups in total. The van der Waals surface area contributed by atoms with Crippen LogP contribution < -0.4 is 15.5 Å². The number of hydrogen-bond acceptors (Lipinski definition) is 4. The molecule has 0 radical (unpaired) electrons. The Labute approximate surface area is 123 Å². The molecule has 1 aliphatic heterocycles. The lowest BCUT2D eigenvalue weighted by Crippen LogP contribution is -2.43. The molecule has 0 saturated carbocycles. The average molecular weight is 285 g/mol. The lowest BCUT2D eigenvalue weighted by Gasteiger charge is -2.29. The zero-order chi connectivity index (χ0) is 14.7. The Hall–Kier alpha value is -2.34. The largest absolute Gasteiger partial charge is 0.369 e. The summed E-state index contributed by atoms with van der Waals surface area (Å²) >= 11 is 0. The van der Waals surface area contributed by atoms with Crippen molar-refractivity contribution >= 4 is 17.3 Å². The Morgan fingerprint density at radius 2 is 1.90 bits per heavy atom. The molecule has 2 aromatic rings. The number of hydrogen-bond donors (Lipinski definition) is 2. The number of anilines is 2. The number of piperazine rings is 1. The maximum absolute atomic E-state index is 12.0. The van der Waals surface area contributed by atoms with Crippen molar-refractivity contribution in [3.8, 4) is 0 Å². The van der Waals surface area contributed by atoms with Gasteiger partial charge < -0.3 is 15.5 Å². The summed E-state index contributed by atoms with van der Waals surface area (Å²) in [6.45, 7) is 4.05. The van der Waals surface area contributed by atoms with Crippen LogP contribution in [0, 0.1) is 0 Å². The van der Waals surface area contributed by atoms with E-state index in [1.807, 2.05) is 24.3 Å². The number of aromatic nitrogens is 2. The van der Waals surface area contributed by atoms with Crippen molar-refractivity contribution in [1.82, 2.24) is 15.1 Å². The summed E-state index contributed by atoms with van der Waals surface area (Å²) < 4.78 is 1.61. The first kappa shape index (κ1) is 13.6. The molecule has 0 spiro atoms. The van der Waals surface area contributed by atoms with Gasteiger partial charge in [-0.05, 0) is 30.3 Å². The second-order valence-corrected chi connectivity index (χ2v) is 5.11. The first-order chi connectivity index (χ1) is 10.2. The zero-order valence-corrected chi connectivity index (χ0v) is 12.0. The van der Waals surface area contributed by atoms with Gasteiger partial charge in [0.15, 0.2) is 5.69 Å². The molecule has 0 unspecified atom stereocenters. The fourth-order valence-electron chi connectivity index (χ4n) is 2.41. The summed E-state index contributed by atoms with van der Waals surface area (Å²) in [5.41, 5.74) is 2.39. The summed E-state index contributed by atoms with van der Waals surface area (Å²) in [7, 11) is 1.79. The van der Waals surface area contributed by atoms with Gasteiger partial charge in [0.1, 0.15) is 0 Å². The third-order valence-corrected chi connectivity index (χ3v) is 3.55. The lowest BCUT2D eigenvalue weighted by molar-refractivity contribution is 0.102. The highest BCUT2D eigenvalue weighted by Crippen LogP contribution is 2.18. The van der Waals surface area contributed by atoms with Gasteiger partial charge in [-0.1, -0.05) is 0 Å². The molecule has 1 aromatic heterocycles. The van der Waals surface area contributed by atoms with Crippen LogP contribution in [-0.4, -0.2) is 41.9 Å². The van der Waals surface area contributed by atoms with E-state index in [0.29, 0.717) is 5.69 Å². The highest BCUT2D eigenvalue weighted by molar-refractivity contribution is 6.02. The van der Waals surface area contributed by atoms with E-state index in [9.17, 15) is 4.79 Å². The van der Waals surface area contributed by atoms with Crippen LogP contribution in [0.25, 0.3) is 0 Å². The van der Waals surface area contributed by atoms with E-state index in [0.717, 1.165) is 31.9 Å². The van der Waals surface area contributed by atoms with Crippen LogP contribution >= 0.6 is 0 Å². The number of nitrogens with one attached hydrogen (secondary N) is 2. The molecule has 21 heavy (non-hydrogen) atoms. The smallest absolute Gasteiger partial charge is 0.276 e. The van der Waals surface area contributed by atoms with Crippen molar-refractivity contribution in [2.75, 3.05) is 36.4 Å². The summed E-state index contributed by atoms with van der Waals surface area (Å²) in [5.74, 6) is -0.189. The molecule has 3 rings (SSSR count). The van der Waals surface area contributed by atoms with Crippen LogP contribution in [-0.2, 0) is 7.05 Å². The molecular weight excluding hydrogens is 266 g/mol. The number of nitrogens with zero attached hydrogens (tertiary/aromatic N) is 3. The second kappa shape index (κ2) is 5.97. The van der Waals surface area contributed by atoms with E-state index in [-0.39, 0.29) is 5.91 Å². The summed E-state index contributed by atoms with van der Waals surface area (Å²) in [6.07, 6.45) is 1.75. The molecule has 6 nitrogen and oxygen atoms in total. The van der Waals surface area contributed by atoms with Gasteiger partial charge in [0.25, 0.3) is 5.91 Å². The molecular formula is C15H19N5O. The Kier molecular flexibility index (Phi) is 3.87.